The lowest BCUT2D eigenvalue weighted by atomic mass is 10.1. The van der Waals surface area contributed by atoms with Crippen LogP contribution in [0.25, 0.3) is 21.4 Å². The van der Waals surface area contributed by atoms with Gasteiger partial charge in [-0.25, -0.2) is 9.78 Å². The summed E-state index contributed by atoms with van der Waals surface area (Å²) < 4.78 is 15.3. The van der Waals surface area contributed by atoms with E-state index >= 15 is 0 Å². The first-order valence-electron chi connectivity index (χ1n) is 6.76. The molecule has 0 unspecified atom stereocenters. The van der Waals surface area contributed by atoms with Gasteiger partial charge in [0.05, 0.1) is 27.9 Å². The van der Waals surface area contributed by atoms with Crippen LogP contribution < -0.4 is 10.2 Å². The zero-order chi connectivity index (χ0) is 16.4. The average molecular weight is 331 g/mol. The molecular weight excluding hydrogens is 318 g/mol. The van der Waals surface area contributed by atoms with Crippen molar-refractivity contribution in [2.75, 3.05) is 13.7 Å². The van der Waals surface area contributed by atoms with E-state index in [1.807, 2.05) is 6.92 Å². The highest BCUT2D eigenvalue weighted by Crippen LogP contribution is 2.26. The second-order valence-corrected chi connectivity index (χ2v) is 5.98. The summed E-state index contributed by atoms with van der Waals surface area (Å²) in [6.07, 6.45) is 3.08. The van der Waals surface area contributed by atoms with Gasteiger partial charge in [-0.15, -0.1) is 11.3 Å². The van der Waals surface area contributed by atoms with Crippen molar-refractivity contribution in [1.29, 1.82) is 0 Å². The van der Waals surface area contributed by atoms with Gasteiger partial charge in [0, 0.05) is 12.3 Å². The summed E-state index contributed by atoms with van der Waals surface area (Å²) in [4.78, 5) is 28.6. The Kier molecular flexibility index (Phi) is 4.12. The number of hydrogen-bond donors (Lipinski definition) is 0. The fourth-order valence-corrected chi connectivity index (χ4v) is 2.84. The highest BCUT2D eigenvalue weighted by molar-refractivity contribution is 7.15. The van der Waals surface area contributed by atoms with Crippen LogP contribution in [0.15, 0.2) is 39.9 Å². The van der Waals surface area contributed by atoms with Crippen LogP contribution in [0.2, 0.25) is 0 Å². The van der Waals surface area contributed by atoms with Crippen LogP contribution in [0.3, 0.4) is 0 Å². The van der Waals surface area contributed by atoms with Gasteiger partial charge in [0.15, 0.2) is 6.61 Å². The van der Waals surface area contributed by atoms with Crippen molar-refractivity contribution in [3.63, 3.8) is 0 Å². The van der Waals surface area contributed by atoms with Crippen molar-refractivity contribution in [1.82, 2.24) is 4.98 Å². The second kappa shape index (κ2) is 6.21. The van der Waals surface area contributed by atoms with Gasteiger partial charge in [-0.2, -0.15) is 0 Å². The van der Waals surface area contributed by atoms with Crippen molar-refractivity contribution in [3.8, 4) is 16.2 Å². The van der Waals surface area contributed by atoms with E-state index in [4.69, 9.17) is 9.15 Å². The summed E-state index contributed by atoms with van der Waals surface area (Å²) in [5.74, 6) is -0.0603. The minimum absolute atomic E-state index is 0.130. The third kappa shape index (κ3) is 3.09. The van der Waals surface area contributed by atoms with Crippen molar-refractivity contribution < 1.29 is 18.7 Å². The van der Waals surface area contributed by atoms with Gasteiger partial charge in [0.2, 0.25) is 5.43 Å². The molecule has 118 valence electrons. The van der Waals surface area contributed by atoms with Gasteiger partial charge in [-0.05, 0) is 19.1 Å². The molecule has 0 fully saturated rings. The van der Waals surface area contributed by atoms with E-state index in [9.17, 15) is 9.59 Å². The van der Waals surface area contributed by atoms with Crippen LogP contribution >= 0.6 is 11.3 Å². The lowest BCUT2D eigenvalue weighted by molar-refractivity contribution is -0.142. The van der Waals surface area contributed by atoms with E-state index in [0.29, 0.717) is 22.3 Å². The molecule has 2 aromatic heterocycles. The van der Waals surface area contributed by atoms with Gasteiger partial charge in [-0.1, -0.05) is 0 Å². The molecule has 23 heavy (non-hydrogen) atoms. The number of carbonyl (C=O) groups is 1. The lowest BCUT2D eigenvalue weighted by Gasteiger charge is -2.06. The molecule has 2 heterocycles. The predicted molar refractivity (Wildman–Crippen MR) is 85.8 cm³/mol. The number of fused-ring (bicyclic) bond motifs is 1. The van der Waals surface area contributed by atoms with Crippen molar-refractivity contribution in [2.45, 2.75) is 6.92 Å². The normalized spacial score (nSPS) is 10.7. The Morgan fingerprint density at radius 1 is 1.39 bits per heavy atom. The molecule has 0 aliphatic heterocycles. The second-order valence-electron chi connectivity index (χ2n) is 4.74. The molecule has 0 saturated heterocycles. The molecule has 6 nitrogen and oxygen atoms in total. The largest absolute Gasteiger partial charge is 0.482 e. The Morgan fingerprint density at radius 2 is 2.22 bits per heavy atom. The van der Waals surface area contributed by atoms with E-state index in [1.54, 1.807) is 24.4 Å². The zero-order valence-corrected chi connectivity index (χ0v) is 13.3. The number of rotatable bonds is 4. The SMILES string of the molecule is COC(=O)COc1ccc2c(=O)c(-c3cnc(C)s3)coc2c1. The van der Waals surface area contributed by atoms with Crippen molar-refractivity contribution in [2.24, 2.45) is 0 Å². The minimum Gasteiger partial charge on any atom is -0.482 e. The van der Waals surface area contributed by atoms with Crippen molar-refractivity contribution >= 4 is 28.3 Å². The number of hydrogen-bond acceptors (Lipinski definition) is 7. The third-order valence-corrected chi connectivity index (χ3v) is 4.16. The van der Waals surface area contributed by atoms with Gasteiger partial charge in [0.1, 0.15) is 17.6 Å². The number of thiazole rings is 1. The molecule has 0 bridgehead atoms. The summed E-state index contributed by atoms with van der Waals surface area (Å²) >= 11 is 1.43. The Hall–Kier alpha value is -2.67. The molecule has 0 aliphatic carbocycles. The van der Waals surface area contributed by atoms with E-state index in [-0.39, 0.29) is 12.0 Å². The minimum atomic E-state index is -0.484. The van der Waals surface area contributed by atoms with Crippen LogP contribution in [0.5, 0.6) is 5.75 Å². The molecule has 0 spiro atoms. The number of aromatic nitrogens is 1. The van der Waals surface area contributed by atoms with Crippen LogP contribution in [0.1, 0.15) is 5.01 Å². The van der Waals surface area contributed by atoms with Crippen molar-refractivity contribution in [3.05, 3.63) is 45.9 Å². The molecule has 7 heteroatoms. The molecule has 0 N–H and O–H groups in total. The fraction of sp³-hybridized carbons (Fsp3) is 0.188. The predicted octanol–water partition coefficient (Wildman–Crippen LogP) is 2.78. The molecule has 0 atom stereocenters. The molecule has 3 rings (SSSR count). The van der Waals surface area contributed by atoms with Gasteiger partial charge in [0.25, 0.3) is 0 Å². The standard InChI is InChI=1S/C16H13NO5S/c1-9-17-6-14(23-9)12-7-22-13-5-10(21-8-15(18)20-2)3-4-11(13)16(12)19/h3-7H,8H2,1-2H3. The quantitative estimate of drug-likeness (QED) is 0.684. The number of benzene rings is 1. The molecule has 0 saturated carbocycles. The Bertz CT molecular complexity index is 928. The monoisotopic (exact) mass is 331 g/mol. The summed E-state index contributed by atoms with van der Waals surface area (Å²) in [5.41, 5.74) is 0.739. The van der Waals surface area contributed by atoms with E-state index in [2.05, 4.69) is 9.72 Å². The summed E-state index contributed by atoms with van der Waals surface area (Å²) in [7, 11) is 1.29. The number of aryl methyl sites for hydroxylation is 1. The lowest BCUT2D eigenvalue weighted by Crippen LogP contribution is -2.12. The maximum absolute atomic E-state index is 12.6. The van der Waals surface area contributed by atoms with Gasteiger partial charge < -0.3 is 13.9 Å². The van der Waals surface area contributed by atoms with Crippen LogP contribution in [0.4, 0.5) is 0 Å². The van der Waals surface area contributed by atoms with E-state index < -0.39 is 5.97 Å². The van der Waals surface area contributed by atoms with Crippen LogP contribution in [-0.2, 0) is 9.53 Å². The third-order valence-electron chi connectivity index (χ3n) is 3.22. The fourth-order valence-electron chi connectivity index (χ4n) is 2.06. The Balaban J connectivity index is 1.96. The van der Waals surface area contributed by atoms with E-state index in [0.717, 1.165) is 9.88 Å². The van der Waals surface area contributed by atoms with Crippen LogP contribution in [-0.4, -0.2) is 24.7 Å². The van der Waals surface area contributed by atoms with E-state index in [1.165, 1.54) is 24.7 Å². The maximum atomic E-state index is 12.6. The maximum Gasteiger partial charge on any atom is 0.343 e. The average Bonchev–Trinajstić information content (AvgIpc) is 2.99. The molecule has 3 aromatic rings. The molecule has 0 amide bonds. The Morgan fingerprint density at radius 3 is 2.91 bits per heavy atom. The molecular formula is C16H13NO5S. The number of ether oxygens (including phenoxy) is 2. The topological polar surface area (TPSA) is 78.6 Å². The number of carbonyl (C=O) groups excluding carboxylic acids is 1. The number of methoxy groups -OCH3 is 1. The van der Waals surface area contributed by atoms with Crippen LogP contribution in [0, 0.1) is 6.92 Å². The molecule has 1 aromatic carbocycles. The number of esters is 1. The first kappa shape index (κ1) is 15.2. The highest BCUT2D eigenvalue weighted by Gasteiger charge is 2.12. The highest BCUT2D eigenvalue weighted by atomic mass is 32.1. The first-order chi connectivity index (χ1) is 11.1. The smallest absolute Gasteiger partial charge is 0.343 e. The Labute approximate surface area is 135 Å². The summed E-state index contributed by atoms with van der Waals surface area (Å²) in [5, 5.41) is 1.32. The number of nitrogens with zero attached hydrogens (tertiary/aromatic N) is 1. The summed E-state index contributed by atoms with van der Waals surface area (Å²) in [6, 6.07) is 4.80. The molecule has 0 radical (unpaired) electrons. The summed E-state index contributed by atoms with van der Waals surface area (Å²) in [6.45, 7) is 1.67. The van der Waals surface area contributed by atoms with Gasteiger partial charge in [-0.3, -0.25) is 4.79 Å². The zero-order valence-electron chi connectivity index (χ0n) is 12.5. The molecule has 0 aliphatic rings. The van der Waals surface area contributed by atoms with Gasteiger partial charge >= 0.3 is 5.97 Å². The first-order valence-corrected chi connectivity index (χ1v) is 7.58.